The van der Waals surface area contributed by atoms with Crippen LogP contribution in [0.1, 0.15) is 29.0 Å². The third kappa shape index (κ3) is 3.29. The van der Waals surface area contributed by atoms with E-state index in [1.54, 1.807) is 24.3 Å². The van der Waals surface area contributed by atoms with Gasteiger partial charge in [-0.1, -0.05) is 29.8 Å². The molecule has 0 amide bonds. The van der Waals surface area contributed by atoms with Gasteiger partial charge in [0.15, 0.2) is 0 Å². The maximum Gasteiger partial charge on any atom is 0.296 e. The summed E-state index contributed by atoms with van der Waals surface area (Å²) in [6.07, 6.45) is 4.12. The third-order valence-corrected chi connectivity index (χ3v) is 7.88. The third-order valence-electron chi connectivity index (χ3n) is 6.58. The zero-order valence-electron chi connectivity index (χ0n) is 16.8. The summed E-state index contributed by atoms with van der Waals surface area (Å²) in [5.74, 6) is 0.577. The molecular formula is C23H26N2O3S. The van der Waals surface area contributed by atoms with E-state index in [1.165, 1.54) is 22.0 Å². The van der Waals surface area contributed by atoms with Gasteiger partial charge in [-0.3, -0.25) is 4.18 Å². The summed E-state index contributed by atoms with van der Waals surface area (Å²) in [6.45, 7) is 3.01. The number of likely N-dealkylation sites (tertiary alicyclic amines) is 1. The molecule has 0 saturated carbocycles. The molecule has 2 aliphatic rings. The molecule has 0 spiro atoms. The summed E-state index contributed by atoms with van der Waals surface area (Å²) in [4.78, 5) is 6.01. The molecule has 152 valence electrons. The zero-order valence-corrected chi connectivity index (χ0v) is 17.6. The second-order valence-electron chi connectivity index (χ2n) is 8.55. The van der Waals surface area contributed by atoms with Crippen molar-refractivity contribution >= 4 is 21.0 Å². The van der Waals surface area contributed by atoms with Crippen molar-refractivity contribution < 1.29 is 12.6 Å². The van der Waals surface area contributed by atoms with Gasteiger partial charge in [0.05, 0.1) is 11.5 Å². The number of piperidine rings is 1. The molecule has 0 bridgehead atoms. The van der Waals surface area contributed by atoms with E-state index < -0.39 is 10.1 Å². The Labute approximate surface area is 171 Å². The Kier molecular flexibility index (Phi) is 4.53. The standard InChI is InChI=1S/C23H26N2O3S/c1-15-6-8-18(9-7-15)29(26,27)28-14-16-10-20-19-4-3-5-21-23(19)17(12-24-21)11-22(20)25(2)13-16/h3-9,12,16,20,22,24H,10-11,13-14H2,1-2H3/t16?,20-,22-/m0/s1. The van der Waals surface area contributed by atoms with E-state index in [0.29, 0.717) is 12.0 Å². The van der Waals surface area contributed by atoms with Gasteiger partial charge in [0, 0.05) is 35.6 Å². The fourth-order valence-electron chi connectivity index (χ4n) is 5.13. The highest BCUT2D eigenvalue weighted by atomic mass is 32.2. The highest BCUT2D eigenvalue weighted by molar-refractivity contribution is 7.86. The Bertz CT molecular complexity index is 1150. The van der Waals surface area contributed by atoms with E-state index in [-0.39, 0.29) is 17.4 Å². The van der Waals surface area contributed by atoms with E-state index in [2.05, 4.69) is 41.3 Å². The van der Waals surface area contributed by atoms with Gasteiger partial charge in [0.2, 0.25) is 0 Å². The number of hydrogen-bond acceptors (Lipinski definition) is 4. The molecule has 1 aromatic heterocycles. The molecule has 2 aromatic carbocycles. The SMILES string of the molecule is Cc1ccc(S(=O)(=O)OCC2C[C@H]3c4cccc5[nH]cc(c45)C[C@@H]3N(C)C2)cc1. The minimum atomic E-state index is -3.73. The molecule has 1 N–H and O–H groups in total. The van der Waals surface area contributed by atoms with Gasteiger partial charge in [-0.2, -0.15) is 8.42 Å². The van der Waals surface area contributed by atoms with Gasteiger partial charge < -0.3 is 9.88 Å². The monoisotopic (exact) mass is 410 g/mol. The molecule has 0 radical (unpaired) electrons. The molecule has 29 heavy (non-hydrogen) atoms. The molecule has 1 aliphatic heterocycles. The highest BCUT2D eigenvalue weighted by Gasteiger charge is 2.39. The van der Waals surface area contributed by atoms with Crippen LogP contribution in [0.5, 0.6) is 0 Å². The fraction of sp³-hybridized carbons (Fsp3) is 0.391. The van der Waals surface area contributed by atoms with Crippen LogP contribution in [0.2, 0.25) is 0 Å². The average molecular weight is 411 g/mol. The number of nitrogens with one attached hydrogen (secondary N) is 1. The molecule has 1 aliphatic carbocycles. The molecule has 3 atom stereocenters. The van der Waals surface area contributed by atoms with Crippen molar-refractivity contribution in [1.82, 2.24) is 9.88 Å². The van der Waals surface area contributed by atoms with Crippen LogP contribution in [0.3, 0.4) is 0 Å². The van der Waals surface area contributed by atoms with Crippen LogP contribution < -0.4 is 0 Å². The van der Waals surface area contributed by atoms with Crippen LogP contribution in [0.25, 0.3) is 10.9 Å². The van der Waals surface area contributed by atoms with Gasteiger partial charge in [0.1, 0.15) is 0 Å². The molecule has 5 nitrogen and oxygen atoms in total. The first-order valence-electron chi connectivity index (χ1n) is 10.2. The number of likely N-dealkylation sites (N-methyl/N-ethyl adjacent to an activating group) is 1. The number of fused-ring (bicyclic) bond motifs is 2. The largest absolute Gasteiger partial charge is 0.361 e. The topological polar surface area (TPSA) is 62.4 Å². The Morgan fingerprint density at radius 2 is 1.97 bits per heavy atom. The maximum absolute atomic E-state index is 12.6. The van der Waals surface area contributed by atoms with Crippen LogP contribution in [0.15, 0.2) is 53.6 Å². The molecule has 1 saturated heterocycles. The van der Waals surface area contributed by atoms with Crippen LogP contribution in [-0.2, 0) is 20.7 Å². The number of aromatic nitrogens is 1. The Hall–Kier alpha value is -2.15. The van der Waals surface area contributed by atoms with Gasteiger partial charge >= 0.3 is 0 Å². The van der Waals surface area contributed by atoms with Gasteiger partial charge in [-0.05, 0) is 62.1 Å². The van der Waals surface area contributed by atoms with Crippen LogP contribution >= 0.6 is 0 Å². The van der Waals surface area contributed by atoms with Crippen molar-refractivity contribution in [2.45, 2.75) is 36.6 Å². The van der Waals surface area contributed by atoms with Gasteiger partial charge in [0.25, 0.3) is 10.1 Å². The van der Waals surface area contributed by atoms with Crippen molar-refractivity contribution in [3.05, 3.63) is 65.4 Å². The number of H-pyrrole nitrogens is 1. The van der Waals surface area contributed by atoms with E-state index in [9.17, 15) is 8.42 Å². The quantitative estimate of drug-likeness (QED) is 0.664. The van der Waals surface area contributed by atoms with E-state index in [4.69, 9.17) is 4.18 Å². The van der Waals surface area contributed by atoms with Crippen LogP contribution in [0, 0.1) is 12.8 Å². The van der Waals surface area contributed by atoms with E-state index >= 15 is 0 Å². The van der Waals surface area contributed by atoms with Crippen molar-refractivity contribution in [3.63, 3.8) is 0 Å². The first-order valence-corrected chi connectivity index (χ1v) is 11.6. The maximum atomic E-state index is 12.6. The minimum absolute atomic E-state index is 0.178. The van der Waals surface area contributed by atoms with Crippen LogP contribution in [-0.4, -0.2) is 44.5 Å². The molecule has 5 rings (SSSR count). The average Bonchev–Trinajstić information content (AvgIpc) is 3.12. The summed E-state index contributed by atoms with van der Waals surface area (Å²) in [5.41, 5.74) is 4.99. The molecular weight excluding hydrogens is 384 g/mol. The first-order chi connectivity index (χ1) is 13.9. The molecule has 1 fully saturated rings. The minimum Gasteiger partial charge on any atom is -0.361 e. The van der Waals surface area contributed by atoms with Gasteiger partial charge in [-0.15, -0.1) is 0 Å². The second kappa shape index (κ2) is 6.97. The lowest BCUT2D eigenvalue weighted by atomic mass is 9.72. The molecule has 2 heterocycles. The zero-order chi connectivity index (χ0) is 20.2. The number of aryl methyl sites for hydroxylation is 1. The number of rotatable bonds is 4. The number of aromatic amines is 1. The van der Waals surface area contributed by atoms with Crippen molar-refractivity contribution in [2.75, 3.05) is 20.2 Å². The van der Waals surface area contributed by atoms with E-state index in [1.807, 2.05) is 6.92 Å². The summed E-state index contributed by atoms with van der Waals surface area (Å²) >= 11 is 0. The summed E-state index contributed by atoms with van der Waals surface area (Å²) in [5, 5.41) is 1.36. The lowest BCUT2D eigenvalue weighted by molar-refractivity contribution is 0.0854. The molecule has 6 heteroatoms. The van der Waals surface area contributed by atoms with Gasteiger partial charge in [-0.25, -0.2) is 0 Å². The predicted molar refractivity (Wildman–Crippen MR) is 114 cm³/mol. The molecule has 1 unspecified atom stereocenters. The number of benzene rings is 2. The highest BCUT2D eigenvalue weighted by Crippen LogP contribution is 2.44. The molecule has 3 aromatic rings. The van der Waals surface area contributed by atoms with Crippen molar-refractivity contribution in [3.8, 4) is 0 Å². The Morgan fingerprint density at radius 3 is 2.76 bits per heavy atom. The van der Waals surface area contributed by atoms with Crippen molar-refractivity contribution in [1.29, 1.82) is 0 Å². The summed E-state index contributed by atoms with van der Waals surface area (Å²) in [6, 6.07) is 13.8. The predicted octanol–water partition coefficient (Wildman–Crippen LogP) is 3.84. The lowest BCUT2D eigenvalue weighted by Gasteiger charge is -2.45. The normalized spacial score (nSPS) is 24.6. The van der Waals surface area contributed by atoms with E-state index in [0.717, 1.165) is 24.9 Å². The van der Waals surface area contributed by atoms with Crippen molar-refractivity contribution in [2.24, 2.45) is 5.92 Å². The first kappa shape index (κ1) is 18.9. The number of nitrogens with zero attached hydrogens (tertiary/aromatic N) is 1. The Balaban J connectivity index is 1.36. The summed E-state index contributed by atoms with van der Waals surface area (Å²) < 4.78 is 30.7. The second-order valence-corrected chi connectivity index (χ2v) is 10.2. The van der Waals surface area contributed by atoms with Crippen LogP contribution in [0.4, 0.5) is 0 Å². The number of hydrogen-bond donors (Lipinski definition) is 1. The smallest absolute Gasteiger partial charge is 0.296 e. The fourth-order valence-corrected chi connectivity index (χ4v) is 6.11. The summed E-state index contributed by atoms with van der Waals surface area (Å²) in [7, 11) is -1.58. The lowest BCUT2D eigenvalue weighted by Crippen LogP contribution is -2.48. The Morgan fingerprint density at radius 1 is 1.17 bits per heavy atom.